The van der Waals surface area contributed by atoms with Gasteiger partial charge in [0.05, 0.1) is 31.4 Å². The first-order chi connectivity index (χ1) is 15.0. The second kappa shape index (κ2) is 9.34. The van der Waals surface area contributed by atoms with Gasteiger partial charge in [-0.1, -0.05) is 23.8 Å². The number of aliphatic hydroxyl groups is 1. The van der Waals surface area contributed by atoms with Crippen molar-refractivity contribution >= 4 is 28.8 Å². The molecule has 0 saturated carbocycles. The number of rotatable bonds is 6. The van der Waals surface area contributed by atoms with E-state index in [0.717, 1.165) is 55.3 Å². The smallest absolute Gasteiger partial charge is 0.295 e. The molecule has 0 bridgehead atoms. The van der Waals surface area contributed by atoms with Crippen LogP contribution in [0.4, 0.5) is 0 Å². The van der Waals surface area contributed by atoms with E-state index in [2.05, 4.69) is 0 Å². The number of amides is 1. The van der Waals surface area contributed by atoms with E-state index in [0.29, 0.717) is 12.1 Å². The Morgan fingerprint density at radius 1 is 1.23 bits per heavy atom. The van der Waals surface area contributed by atoms with E-state index in [1.807, 2.05) is 49.6 Å². The molecule has 6 nitrogen and oxygen atoms in total. The number of thiophene rings is 1. The number of likely N-dealkylation sites (tertiary alicyclic amines) is 1. The van der Waals surface area contributed by atoms with E-state index in [9.17, 15) is 14.7 Å². The minimum atomic E-state index is -0.601. The van der Waals surface area contributed by atoms with Crippen LogP contribution < -0.4 is 4.90 Å². The fourth-order valence-electron chi connectivity index (χ4n) is 4.40. The molecule has 7 heteroatoms. The van der Waals surface area contributed by atoms with E-state index < -0.39 is 17.7 Å². The highest BCUT2D eigenvalue weighted by molar-refractivity contribution is 7.10. The third kappa shape index (κ3) is 4.44. The van der Waals surface area contributed by atoms with Gasteiger partial charge in [0.15, 0.2) is 0 Å². The average Bonchev–Trinajstić information content (AvgIpc) is 3.38. The lowest BCUT2D eigenvalue weighted by molar-refractivity contribution is -0.908. The molecule has 2 aliphatic rings. The monoisotopic (exact) mass is 441 g/mol. The van der Waals surface area contributed by atoms with E-state index in [1.54, 1.807) is 4.90 Å². The molecule has 1 aromatic carbocycles. The molecule has 164 valence electrons. The predicted molar refractivity (Wildman–Crippen MR) is 120 cm³/mol. The van der Waals surface area contributed by atoms with Crippen LogP contribution in [0.3, 0.4) is 0 Å². The van der Waals surface area contributed by atoms with Gasteiger partial charge in [0.25, 0.3) is 11.7 Å². The van der Waals surface area contributed by atoms with Crippen molar-refractivity contribution in [3.05, 3.63) is 62.9 Å². The molecule has 1 amide bonds. The average molecular weight is 442 g/mol. The van der Waals surface area contributed by atoms with Gasteiger partial charge in [-0.2, -0.15) is 0 Å². The number of carbonyl (C=O) groups excluding carboxylic acids is 2. The lowest BCUT2D eigenvalue weighted by Gasteiger charge is -2.27. The van der Waals surface area contributed by atoms with Crippen molar-refractivity contribution in [1.29, 1.82) is 0 Å². The second-order valence-corrected chi connectivity index (χ2v) is 9.27. The van der Waals surface area contributed by atoms with Crippen LogP contribution in [-0.2, 0) is 14.3 Å². The maximum atomic E-state index is 13.1. The highest BCUT2D eigenvalue weighted by Crippen LogP contribution is 2.41. The summed E-state index contributed by atoms with van der Waals surface area (Å²) < 4.78 is 5.41. The summed E-state index contributed by atoms with van der Waals surface area (Å²) in [6, 6.07) is 9.06. The summed E-state index contributed by atoms with van der Waals surface area (Å²) >= 11 is 1.50. The van der Waals surface area contributed by atoms with Gasteiger partial charge in [-0.15, -0.1) is 11.3 Å². The minimum Gasteiger partial charge on any atom is -0.507 e. The molecule has 2 N–H and O–H groups in total. The van der Waals surface area contributed by atoms with Crippen LogP contribution in [0.5, 0.6) is 0 Å². The fourth-order valence-corrected chi connectivity index (χ4v) is 5.24. The molecule has 2 aliphatic heterocycles. The van der Waals surface area contributed by atoms with Crippen LogP contribution in [0, 0.1) is 13.8 Å². The summed E-state index contributed by atoms with van der Waals surface area (Å²) in [6.07, 6.45) is 0.799. The molecule has 0 spiro atoms. The summed E-state index contributed by atoms with van der Waals surface area (Å²) in [5.41, 5.74) is 2.66. The Morgan fingerprint density at radius 3 is 2.71 bits per heavy atom. The SMILES string of the molecule is Cc1ccc(C)c(C(O)=C2C(=O)C(=O)N(CCC[NH+]3CCOCC3)C2c2cccs2)c1. The topological polar surface area (TPSA) is 71.3 Å². The molecule has 0 aliphatic carbocycles. The number of nitrogens with zero attached hydrogens (tertiary/aromatic N) is 1. The van der Waals surface area contributed by atoms with Crippen molar-refractivity contribution < 1.29 is 24.3 Å². The van der Waals surface area contributed by atoms with Crippen molar-refractivity contribution in [2.45, 2.75) is 26.3 Å². The summed E-state index contributed by atoms with van der Waals surface area (Å²) in [5, 5.41) is 13.1. The largest absolute Gasteiger partial charge is 0.507 e. The maximum Gasteiger partial charge on any atom is 0.295 e. The Balaban J connectivity index is 1.65. The summed E-state index contributed by atoms with van der Waals surface area (Å²) in [7, 11) is 0. The highest BCUT2D eigenvalue weighted by Gasteiger charge is 2.46. The van der Waals surface area contributed by atoms with Crippen molar-refractivity contribution in [2.75, 3.05) is 39.4 Å². The molecular formula is C24H29N2O4S+. The van der Waals surface area contributed by atoms with Gasteiger partial charge >= 0.3 is 0 Å². The molecule has 1 atom stereocenters. The minimum absolute atomic E-state index is 0.0840. The van der Waals surface area contributed by atoms with E-state index in [4.69, 9.17) is 4.74 Å². The van der Waals surface area contributed by atoms with Gasteiger partial charge in [-0.3, -0.25) is 9.59 Å². The van der Waals surface area contributed by atoms with E-state index >= 15 is 0 Å². The standard InChI is InChI=1S/C24H28N2O4S/c1-16-6-7-17(2)18(15-16)22(27)20-21(19-5-3-14-31-19)26(24(29)23(20)28)9-4-8-25-10-12-30-13-11-25/h3,5-7,14-15,21,27H,4,8-13H2,1-2H3/p+1. The van der Waals surface area contributed by atoms with Gasteiger partial charge in [0.1, 0.15) is 18.8 Å². The number of aliphatic hydroxyl groups excluding tert-OH is 1. The van der Waals surface area contributed by atoms with Crippen LogP contribution in [0.25, 0.3) is 5.76 Å². The Kier molecular flexibility index (Phi) is 6.55. The summed E-state index contributed by atoms with van der Waals surface area (Å²) in [5.74, 6) is -1.21. The van der Waals surface area contributed by atoms with Gasteiger partial charge in [-0.05, 0) is 36.9 Å². The van der Waals surface area contributed by atoms with Crippen molar-refractivity contribution in [3.63, 3.8) is 0 Å². The summed E-state index contributed by atoms with van der Waals surface area (Å²) in [4.78, 5) is 30.1. The molecule has 2 aromatic rings. The normalized spacial score (nSPS) is 21.7. The molecule has 0 radical (unpaired) electrons. The second-order valence-electron chi connectivity index (χ2n) is 8.29. The molecule has 31 heavy (non-hydrogen) atoms. The quantitative estimate of drug-likeness (QED) is 0.409. The molecule has 1 unspecified atom stereocenters. The fraction of sp³-hybridized carbons (Fsp3) is 0.417. The molecule has 2 fully saturated rings. The lowest BCUT2D eigenvalue weighted by atomic mass is 9.96. The third-order valence-electron chi connectivity index (χ3n) is 6.13. The summed E-state index contributed by atoms with van der Waals surface area (Å²) in [6.45, 7) is 8.74. The van der Waals surface area contributed by atoms with Gasteiger partial charge < -0.3 is 19.6 Å². The molecule has 4 rings (SSSR count). The van der Waals surface area contributed by atoms with Gasteiger partial charge in [-0.25, -0.2) is 0 Å². The van der Waals surface area contributed by atoms with Gasteiger partial charge in [0, 0.05) is 23.4 Å². The third-order valence-corrected chi connectivity index (χ3v) is 7.05. The molecular weight excluding hydrogens is 412 g/mol. The van der Waals surface area contributed by atoms with Crippen LogP contribution in [0.15, 0.2) is 41.3 Å². The first kappa shape index (κ1) is 21.7. The van der Waals surface area contributed by atoms with Gasteiger partial charge in [0.2, 0.25) is 0 Å². The molecule has 1 aromatic heterocycles. The molecule has 2 saturated heterocycles. The van der Waals surface area contributed by atoms with Crippen LogP contribution in [0.2, 0.25) is 0 Å². The van der Waals surface area contributed by atoms with E-state index in [1.165, 1.54) is 16.2 Å². The van der Waals surface area contributed by atoms with Crippen LogP contribution >= 0.6 is 11.3 Å². The van der Waals surface area contributed by atoms with Crippen LogP contribution in [-0.4, -0.2) is 61.1 Å². The Labute approximate surface area is 186 Å². The van der Waals surface area contributed by atoms with E-state index in [-0.39, 0.29) is 11.3 Å². The zero-order valence-corrected chi connectivity index (χ0v) is 18.8. The Hall–Kier alpha value is -2.48. The number of Topliss-reactive ketones (excluding diaryl/α,β-unsaturated/α-hetero) is 1. The number of hydrogen-bond acceptors (Lipinski definition) is 5. The number of carbonyl (C=O) groups is 2. The zero-order chi connectivity index (χ0) is 22.0. The van der Waals surface area contributed by atoms with Crippen molar-refractivity contribution in [1.82, 2.24) is 4.90 Å². The number of ketones is 1. The number of benzene rings is 1. The number of nitrogens with one attached hydrogen (secondary N) is 1. The number of ether oxygens (including phenoxy) is 1. The Bertz CT molecular complexity index is 993. The van der Waals surface area contributed by atoms with Crippen molar-refractivity contribution in [3.8, 4) is 0 Å². The lowest BCUT2D eigenvalue weighted by Crippen LogP contribution is -3.14. The zero-order valence-electron chi connectivity index (χ0n) is 18.0. The van der Waals surface area contributed by atoms with Crippen molar-refractivity contribution in [2.24, 2.45) is 0 Å². The highest BCUT2D eigenvalue weighted by atomic mass is 32.1. The maximum absolute atomic E-state index is 13.1. The van der Waals surface area contributed by atoms with Crippen LogP contribution in [0.1, 0.15) is 34.0 Å². The molecule has 3 heterocycles. The number of aryl methyl sites for hydroxylation is 2. The number of hydrogen-bond donors (Lipinski definition) is 2. The first-order valence-electron chi connectivity index (χ1n) is 10.8. The first-order valence-corrected chi connectivity index (χ1v) is 11.7. The number of morpholine rings is 1. The predicted octanol–water partition coefficient (Wildman–Crippen LogP) is 2.09. The number of quaternary nitrogens is 1. The Morgan fingerprint density at radius 2 is 2.00 bits per heavy atom.